The third-order valence-corrected chi connectivity index (χ3v) is 3.56. The minimum atomic E-state index is 0.327. The number of hydrogen-bond acceptors (Lipinski definition) is 5. The van der Waals surface area contributed by atoms with Crippen molar-refractivity contribution in [3.63, 3.8) is 0 Å². The van der Waals surface area contributed by atoms with E-state index in [0.29, 0.717) is 46.6 Å². The Kier molecular flexibility index (Phi) is 4.82. The van der Waals surface area contributed by atoms with Gasteiger partial charge in [0.15, 0.2) is 5.69 Å². The number of rotatable bonds is 5. The molecule has 0 radical (unpaired) electrons. The van der Waals surface area contributed by atoms with Crippen molar-refractivity contribution in [2.24, 2.45) is 7.05 Å². The zero-order valence-electron chi connectivity index (χ0n) is 14.3. The summed E-state index contributed by atoms with van der Waals surface area (Å²) >= 11 is 0. The molecule has 3 aromatic rings. The molecule has 0 spiro atoms. The van der Waals surface area contributed by atoms with Gasteiger partial charge in [0.05, 0.1) is 12.6 Å². The predicted octanol–water partition coefficient (Wildman–Crippen LogP) is 4.38. The molecular weight excluding hydrogens is 330 g/mol. The molecule has 2 aromatic heterocycles. The third kappa shape index (κ3) is 3.47. The largest absolute Gasteiger partial charge is 0.451 e. The summed E-state index contributed by atoms with van der Waals surface area (Å²) in [5, 5.41) is 13.6. The van der Waals surface area contributed by atoms with Gasteiger partial charge in [-0.05, 0) is 30.7 Å². The van der Waals surface area contributed by atoms with Gasteiger partial charge >= 0.3 is 0 Å². The molecule has 7 nitrogen and oxygen atoms in total. The zero-order chi connectivity index (χ0) is 18.5. The predicted molar refractivity (Wildman–Crippen MR) is 94.4 cm³/mol. The maximum Gasteiger partial charge on any atom is 0.263 e. The first-order valence-electron chi connectivity index (χ1n) is 7.89. The topological polar surface area (TPSA) is 77.3 Å². The molecule has 0 aliphatic heterocycles. The lowest BCUT2D eigenvalue weighted by Crippen LogP contribution is -1.97. The van der Waals surface area contributed by atoms with Crippen molar-refractivity contribution in [1.29, 1.82) is 5.26 Å². The highest BCUT2D eigenvalue weighted by Crippen LogP contribution is 2.38. The SMILES string of the molecule is [C-]#[N+]c1cc(C#N)cc(Oc2c(CC)nn(C)c2Oc2ccccn2)c1. The summed E-state index contributed by atoms with van der Waals surface area (Å²) in [6.07, 6.45) is 2.26. The standard InChI is InChI=1S/C19H15N5O2/c1-4-16-18(25-15-10-13(12-20)9-14(11-15)21-2)19(24(3)23-16)26-17-7-5-6-8-22-17/h5-11H,4H2,1,3H3. The van der Waals surface area contributed by atoms with Gasteiger partial charge in [0, 0.05) is 24.9 Å². The Balaban J connectivity index is 2.02. The monoisotopic (exact) mass is 345 g/mol. The van der Waals surface area contributed by atoms with Crippen LogP contribution in [-0.4, -0.2) is 14.8 Å². The first-order valence-corrected chi connectivity index (χ1v) is 7.89. The van der Waals surface area contributed by atoms with E-state index in [0.717, 1.165) is 0 Å². The summed E-state index contributed by atoms with van der Waals surface area (Å²) in [5.74, 6) is 1.62. The number of pyridine rings is 1. The van der Waals surface area contributed by atoms with Crippen molar-refractivity contribution < 1.29 is 9.47 Å². The van der Waals surface area contributed by atoms with Crippen LogP contribution >= 0.6 is 0 Å². The maximum atomic E-state index is 9.14. The quantitative estimate of drug-likeness (QED) is 0.641. The molecule has 0 aliphatic rings. The number of aromatic nitrogens is 3. The molecule has 0 saturated heterocycles. The van der Waals surface area contributed by atoms with Crippen LogP contribution in [0.1, 0.15) is 18.2 Å². The van der Waals surface area contributed by atoms with E-state index >= 15 is 0 Å². The number of nitrogens with zero attached hydrogens (tertiary/aromatic N) is 5. The Labute approximate surface area is 150 Å². The molecule has 0 atom stereocenters. The van der Waals surface area contributed by atoms with Gasteiger partial charge in [-0.15, -0.1) is 0 Å². The lowest BCUT2D eigenvalue weighted by Gasteiger charge is -2.10. The number of ether oxygens (including phenoxy) is 2. The van der Waals surface area contributed by atoms with Crippen LogP contribution in [0, 0.1) is 17.9 Å². The summed E-state index contributed by atoms with van der Waals surface area (Å²) in [4.78, 5) is 7.53. The van der Waals surface area contributed by atoms with Gasteiger partial charge in [0.1, 0.15) is 11.4 Å². The van der Waals surface area contributed by atoms with Crippen LogP contribution in [0.15, 0.2) is 42.6 Å². The number of hydrogen-bond donors (Lipinski definition) is 0. The highest BCUT2D eigenvalue weighted by molar-refractivity contribution is 5.56. The summed E-state index contributed by atoms with van der Waals surface area (Å²) in [5.41, 5.74) is 1.38. The fraction of sp³-hybridized carbons (Fsp3) is 0.158. The average Bonchev–Trinajstić information content (AvgIpc) is 2.97. The van der Waals surface area contributed by atoms with Gasteiger partial charge in [0.25, 0.3) is 5.88 Å². The Morgan fingerprint density at radius 3 is 2.77 bits per heavy atom. The molecule has 3 rings (SSSR count). The average molecular weight is 345 g/mol. The van der Waals surface area contributed by atoms with Crippen LogP contribution in [0.2, 0.25) is 0 Å². The summed E-state index contributed by atoms with van der Waals surface area (Å²) < 4.78 is 13.4. The number of nitriles is 1. The van der Waals surface area contributed by atoms with Gasteiger partial charge in [-0.25, -0.2) is 14.5 Å². The van der Waals surface area contributed by atoms with Crippen molar-refractivity contribution in [2.75, 3.05) is 0 Å². The Hall–Kier alpha value is -3.84. The van der Waals surface area contributed by atoms with E-state index in [2.05, 4.69) is 14.9 Å². The summed E-state index contributed by atoms with van der Waals surface area (Å²) in [6, 6.07) is 12.0. The van der Waals surface area contributed by atoms with Crippen LogP contribution < -0.4 is 9.47 Å². The van der Waals surface area contributed by atoms with Crippen molar-refractivity contribution in [2.45, 2.75) is 13.3 Å². The van der Waals surface area contributed by atoms with Gasteiger partial charge in [-0.3, -0.25) is 0 Å². The van der Waals surface area contributed by atoms with Gasteiger partial charge in [-0.2, -0.15) is 10.4 Å². The van der Waals surface area contributed by atoms with E-state index in [1.807, 2.05) is 19.1 Å². The molecule has 0 saturated carbocycles. The van der Waals surface area contributed by atoms with E-state index < -0.39 is 0 Å². The Morgan fingerprint density at radius 1 is 1.27 bits per heavy atom. The highest BCUT2D eigenvalue weighted by atomic mass is 16.5. The fourth-order valence-corrected chi connectivity index (χ4v) is 2.38. The molecule has 7 heteroatoms. The molecule has 0 unspecified atom stereocenters. The minimum Gasteiger partial charge on any atom is -0.451 e. The Bertz CT molecular complexity index is 981. The molecule has 1 aromatic carbocycles. The summed E-state index contributed by atoms with van der Waals surface area (Å²) in [6.45, 7) is 9.13. The lowest BCUT2D eigenvalue weighted by atomic mass is 10.2. The Morgan fingerprint density at radius 2 is 2.12 bits per heavy atom. The molecule has 0 amide bonds. The molecule has 0 bridgehead atoms. The third-order valence-electron chi connectivity index (χ3n) is 3.56. The lowest BCUT2D eigenvalue weighted by molar-refractivity contribution is 0.381. The molecule has 0 N–H and O–H groups in total. The smallest absolute Gasteiger partial charge is 0.263 e. The second-order valence-electron chi connectivity index (χ2n) is 5.37. The van der Waals surface area contributed by atoms with Crippen molar-refractivity contribution in [3.05, 3.63) is 65.3 Å². The normalized spacial score (nSPS) is 10.0. The zero-order valence-corrected chi connectivity index (χ0v) is 14.3. The first kappa shape index (κ1) is 17.0. The minimum absolute atomic E-state index is 0.327. The van der Waals surface area contributed by atoms with Gasteiger partial charge in [0.2, 0.25) is 11.6 Å². The van der Waals surface area contributed by atoms with E-state index in [9.17, 15) is 0 Å². The van der Waals surface area contributed by atoms with Gasteiger partial charge in [-0.1, -0.05) is 13.0 Å². The number of benzene rings is 1. The van der Waals surface area contributed by atoms with E-state index in [1.165, 1.54) is 6.07 Å². The first-order chi connectivity index (χ1) is 12.6. The van der Waals surface area contributed by atoms with Crippen LogP contribution in [-0.2, 0) is 13.5 Å². The molecule has 2 heterocycles. The second kappa shape index (κ2) is 7.37. The molecule has 26 heavy (non-hydrogen) atoms. The van der Waals surface area contributed by atoms with Crippen LogP contribution in [0.4, 0.5) is 5.69 Å². The van der Waals surface area contributed by atoms with Gasteiger partial charge < -0.3 is 9.47 Å². The fourth-order valence-electron chi connectivity index (χ4n) is 2.38. The van der Waals surface area contributed by atoms with Crippen LogP contribution in [0.3, 0.4) is 0 Å². The van der Waals surface area contributed by atoms with Crippen LogP contribution in [0.5, 0.6) is 23.3 Å². The molecule has 0 aliphatic carbocycles. The highest BCUT2D eigenvalue weighted by Gasteiger charge is 2.20. The van der Waals surface area contributed by atoms with Crippen molar-refractivity contribution >= 4 is 5.69 Å². The van der Waals surface area contributed by atoms with Crippen molar-refractivity contribution in [1.82, 2.24) is 14.8 Å². The van der Waals surface area contributed by atoms with Crippen molar-refractivity contribution in [3.8, 4) is 29.3 Å². The maximum absolute atomic E-state index is 9.14. The second-order valence-corrected chi connectivity index (χ2v) is 5.37. The van der Waals surface area contributed by atoms with E-state index in [1.54, 1.807) is 42.2 Å². The number of aryl methyl sites for hydroxylation is 2. The van der Waals surface area contributed by atoms with E-state index in [4.69, 9.17) is 21.3 Å². The molecular formula is C19H15N5O2. The van der Waals surface area contributed by atoms with Crippen LogP contribution in [0.25, 0.3) is 4.85 Å². The molecule has 0 fully saturated rings. The summed E-state index contributed by atoms with van der Waals surface area (Å²) in [7, 11) is 1.75. The van der Waals surface area contributed by atoms with E-state index in [-0.39, 0.29) is 0 Å². The molecule has 128 valence electrons.